The minimum atomic E-state index is 0.525. The number of ether oxygens (including phenoxy) is 1. The van der Waals surface area contributed by atoms with Crippen molar-refractivity contribution in [1.29, 1.82) is 0 Å². The van der Waals surface area contributed by atoms with E-state index in [1.807, 2.05) is 0 Å². The van der Waals surface area contributed by atoms with Gasteiger partial charge in [0.15, 0.2) is 0 Å². The van der Waals surface area contributed by atoms with E-state index >= 15 is 0 Å². The molecule has 0 bridgehead atoms. The smallest absolute Gasteiger partial charge is 0.0578 e. The molecule has 4 aliphatic rings. The van der Waals surface area contributed by atoms with Crippen LogP contribution in [0.4, 0.5) is 0 Å². The highest BCUT2D eigenvalue weighted by Gasteiger charge is 2.59. The highest BCUT2D eigenvalue weighted by atomic mass is 32.1. The third-order valence-corrected chi connectivity index (χ3v) is 10.8. The monoisotopic (exact) mass is 421 g/mol. The molecule has 8 atom stereocenters. The standard InChI is InChI=1S/C26H47NOS/c1-25-14-12-24-22(23(25)10-8-19(25)6-3-4-15-27)9-7-20-18-21(28-16-5-17-29)11-13-26(20,24)2/h19-24,29H,3-18,27H2,1-2H3/t19?,20?,21-,22?,23?,24?,25?,26?/m1/s1. The number of fused-ring (bicyclic) bond motifs is 5. The fourth-order valence-corrected chi connectivity index (χ4v) is 8.93. The van der Waals surface area contributed by atoms with Gasteiger partial charge in [-0.05, 0) is 130 Å². The predicted octanol–water partition coefficient (Wildman–Crippen LogP) is 6.48. The summed E-state index contributed by atoms with van der Waals surface area (Å²) in [7, 11) is 0. The van der Waals surface area contributed by atoms with E-state index in [1.54, 1.807) is 0 Å². The molecule has 4 rings (SSSR count). The van der Waals surface area contributed by atoms with Crippen LogP contribution in [0.5, 0.6) is 0 Å². The normalized spacial score (nSPS) is 46.8. The molecule has 4 saturated carbocycles. The molecule has 0 radical (unpaired) electrons. The van der Waals surface area contributed by atoms with Crippen LogP contribution in [0.3, 0.4) is 0 Å². The van der Waals surface area contributed by atoms with Gasteiger partial charge < -0.3 is 10.5 Å². The van der Waals surface area contributed by atoms with Crippen LogP contribution in [0, 0.1) is 40.4 Å². The van der Waals surface area contributed by atoms with Gasteiger partial charge in [-0.15, -0.1) is 0 Å². The van der Waals surface area contributed by atoms with Gasteiger partial charge in [-0.2, -0.15) is 12.6 Å². The topological polar surface area (TPSA) is 35.2 Å². The maximum Gasteiger partial charge on any atom is 0.0578 e. The third kappa shape index (κ3) is 4.19. The van der Waals surface area contributed by atoms with Gasteiger partial charge in [0, 0.05) is 6.61 Å². The lowest BCUT2D eigenvalue weighted by Crippen LogP contribution is -2.54. The molecule has 0 heterocycles. The second kappa shape index (κ2) is 9.41. The highest BCUT2D eigenvalue weighted by Crippen LogP contribution is 2.68. The fourth-order valence-electron chi connectivity index (χ4n) is 8.80. The average molecular weight is 422 g/mol. The lowest BCUT2D eigenvalue weighted by molar-refractivity contribution is -0.134. The van der Waals surface area contributed by atoms with Crippen molar-refractivity contribution < 1.29 is 4.74 Å². The molecule has 7 unspecified atom stereocenters. The zero-order chi connectivity index (χ0) is 20.5. The minimum absolute atomic E-state index is 0.525. The molecule has 0 amide bonds. The van der Waals surface area contributed by atoms with Gasteiger partial charge in [0.25, 0.3) is 0 Å². The van der Waals surface area contributed by atoms with Crippen LogP contribution in [-0.2, 0) is 4.74 Å². The summed E-state index contributed by atoms with van der Waals surface area (Å²) < 4.78 is 6.24. The molecule has 0 aromatic heterocycles. The van der Waals surface area contributed by atoms with Crippen LogP contribution in [0.25, 0.3) is 0 Å². The SMILES string of the molecule is CC12CCC3C(CCC4C[C@H](OCCCS)CCC43C)C1CCC2CCCCN. The fraction of sp³-hybridized carbons (Fsp3) is 1.00. The van der Waals surface area contributed by atoms with E-state index in [4.69, 9.17) is 10.5 Å². The van der Waals surface area contributed by atoms with Crippen molar-refractivity contribution in [2.75, 3.05) is 18.9 Å². The van der Waals surface area contributed by atoms with Crippen molar-refractivity contribution in [2.24, 2.45) is 46.2 Å². The molecular weight excluding hydrogens is 374 g/mol. The summed E-state index contributed by atoms with van der Waals surface area (Å²) in [5.74, 6) is 5.83. The Morgan fingerprint density at radius 2 is 1.69 bits per heavy atom. The quantitative estimate of drug-likeness (QED) is 0.347. The summed E-state index contributed by atoms with van der Waals surface area (Å²) in [5.41, 5.74) is 6.99. The number of thiol groups is 1. The molecular formula is C26H47NOS. The van der Waals surface area contributed by atoms with Crippen molar-refractivity contribution in [2.45, 2.75) is 103 Å². The van der Waals surface area contributed by atoms with Crippen LogP contribution in [0.15, 0.2) is 0 Å². The van der Waals surface area contributed by atoms with Gasteiger partial charge in [-0.1, -0.05) is 20.3 Å². The van der Waals surface area contributed by atoms with Crippen molar-refractivity contribution in [3.05, 3.63) is 0 Å². The summed E-state index contributed by atoms with van der Waals surface area (Å²) >= 11 is 4.34. The third-order valence-electron chi connectivity index (χ3n) is 10.5. The van der Waals surface area contributed by atoms with Gasteiger partial charge in [0.05, 0.1) is 6.10 Å². The van der Waals surface area contributed by atoms with Gasteiger partial charge in [0.2, 0.25) is 0 Å². The molecule has 2 nitrogen and oxygen atoms in total. The molecule has 2 N–H and O–H groups in total. The molecule has 0 aliphatic heterocycles. The van der Waals surface area contributed by atoms with Crippen molar-refractivity contribution in [1.82, 2.24) is 0 Å². The molecule has 0 spiro atoms. The van der Waals surface area contributed by atoms with Crippen LogP contribution < -0.4 is 5.73 Å². The minimum Gasteiger partial charge on any atom is -0.378 e. The summed E-state index contributed by atoms with van der Waals surface area (Å²) in [6, 6.07) is 0. The summed E-state index contributed by atoms with van der Waals surface area (Å²) in [6.07, 6.45) is 18.7. The Balaban J connectivity index is 1.40. The van der Waals surface area contributed by atoms with E-state index in [0.717, 1.165) is 54.9 Å². The number of hydrogen-bond acceptors (Lipinski definition) is 3. The average Bonchev–Trinajstić information content (AvgIpc) is 3.05. The molecule has 168 valence electrons. The van der Waals surface area contributed by atoms with Crippen LogP contribution in [-0.4, -0.2) is 25.0 Å². The van der Waals surface area contributed by atoms with Gasteiger partial charge in [-0.3, -0.25) is 0 Å². The van der Waals surface area contributed by atoms with Crippen LogP contribution in [0.2, 0.25) is 0 Å². The molecule has 0 aromatic carbocycles. The Morgan fingerprint density at radius 3 is 2.48 bits per heavy atom. The molecule has 29 heavy (non-hydrogen) atoms. The van der Waals surface area contributed by atoms with Gasteiger partial charge in [0.1, 0.15) is 0 Å². The maximum atomic E-state index is 6.24. The first-order chi connectivity index (χ1) is 14.0. The first kappa shape index (κ1) is 22.5. The summed E-state index contributed by atoms with van der Waals surface area (Å²) in [6.45, 7) is 7.16. The Labute approximate surface area is 185 Å². The first-order valence-corrected chi connectivity index (χ1v) is 13.6. The van der Waals surface area contributed by atoms with E-state index in [9.17, 15) is 0 Å². The van der Waals surface area contributed by atoms with E-state index in [0.29, 0.717) is 16.9 Å². The van der Waals surface area contributed by atoms with Gasteiger partial charge >= 0.3 is 0 Å². The molecule has 0 saturated heterocycles. The summed E-state index contributed by atoms with van der Waals surface area (Å²) in [5, 5.41) is 0. The predicted molar refractivity (Wildman–Crippen MR) is 126 cm³/mol. The number of nitrogens with two attached hydrogens (primary N) is 1. The lowest BCUT2D eigenvalue weighted by Gasteiger charge is -2.61. The van der Waals surface area contributed by atoms with Crippen molar-refractivity contribution in [3.63, 3.8) is 0 Å². The van der Waals surface area contributed by atoms with Crippen molar-refractivity contribution in [3.8, 4) is 0 Å². The van der Waals surface area contributed by atoms with E-state index < -0.39 is 0 Å². The Bertz CT molecular complexity index is 541. The number of hydrogen-bond donors (Lipinski definition) is 2. The Kier molecular flexibility index (Phi) is 7.29. The second-order valence-corrected chi connectivity index (χ2v) is 12.1. The molecule has 3 heteroatoms. The Morgan fingerprint density at radius 1 is 0.897 bits per heavy atom. The lowest BCUT2D eigenvalue weighted by atomic mass is 9.44. The first-order valence-electron chi connectivity index (χ1n) is 13.0. The molecule has 4 fully saturated rings. The highest BCUT2D eigenvalue weighted by molar-refractivity contribution is 7.80. The second-order valence-electron chi connectivity index (χ2n) is 11.6. The number of rotatable bonds is 8. The van der Waals surface area contributed by atoms with E-state index in [2.05, 4.69) is 26.5 Å². The van der Waals surface area contributed by atoms with Crippen molar-refractivity contribution >= 4 is 12.6 Å². The zero-order valence-electron chi connectivity index (χ0n) is 19.2. The molecule has 4 aliphatic carbocycles. The largest absolute Gasteiger partial charge is 0.378 e. The van der Waals surface area contributed by atoms with Gasteiger partial charge in [-0.25, -0.2) is 0 Å². The zero-order valence-corrected chi connectivity index (χ0v) is 20.1. The van der Waals surface area contributed by atoms with Crippen LogP contribution in [0.1, 0.15) is 97.3 Å². The number of unbranched alkanes of at least 4 members (excludes halogenated alkanes) is 1. The molecule has 0 aromatic rings. The van der Waals surface area contributed by atoms with E-state index in [-0.39, 0.29) is 0 Å². The summed E-state index contributed by atoms with van der Waals surface area (Å²) in [4.78, 5) is 0. The Hall–Kier alpha value is 0.270. The van der Waals surface area contributed by atoms with E-state index in [1.165, 1.54) is 77.0 Å². The maximum absolute atomic E-state index is 6.24. The van der Waals surface area contributed by atoms with Crippen LogP contribution >= 0.6 is 12.6 Å².